The van der Waals surface area contributed by atoms with E-state index < -0.39 is 0 Å². The molecule has 0 saturated heterocycles. The number of aryl methyl sites for hydroxylation is 1. The monoisotopic (exact) mass is 334 g/mol. The lowest BCUT2D eigenvalue weighted by atomic mass is 10.1. The number of nitrogens with zero attached hydrogens (tertiary/aromatic N) is 3. The van der Waals surface area contributed by atoms with Gasteiger partial charge in [-0.25, -0.2) is 5.10 Å². The van der Waals surface area contributed by atoms with Crippen molar-refractivity contribution >= 4 is 24.5 Å². The van der Waals surface area contributed by atoms with E-state index in [2.05, 4.69) is 33.5 Å². The van der Waals surface area contributed by atoms with Crippen LogP contribution in [0, 0.1) is 11.7 Å². The first-order chi connectivity index (χ1) is 11.6. The molecule has 0 aliphatic carbocycles. The van der Waals surface area contributed by atoms with Crippen LogP contribution in [-0.4, -0.2) is 21.1 Å². The van der Waals surface area contributed by atoms with Gasteiger partial charge >= 0.3 is 0 Å². The van der Waals surface area contributed by atoms with E-state index in [9.17, 15) is 0 Å². The summed E-state index contributed by atoms with van der Waals surface area (Å²) in [7, 11) is 0. The van der Waals surface area contributed by atoms with Gasteiger partial charge in [-0.15, -0.1) is 0 Å². The molecule has 0 saturated carbocycles. The molecular formula is C19H18N4S. The third kappa shape index (κ3) is 3.58. The van der Waals surface area contributed by atoms with Crippen molar-refractivity contribution in [3.05, 3.63) is 76.1 Å². The second-order valence-corrected chi connectivity index (χ2v) is 5.91. The Balaban J connectivity index is 1.94. The van der Waals surface area contributed by atoms with Crippen LogP contribution in [0.5, 0.6) is 0 Å². The predicted molar refractivity (Wildman–Crippen MR) is 102 cm³/mol. The molecule has 3 rings (SSSR count). The van der Waals surface area contributed by atoms with Crippen LogP contribution in [0.2, 0.25) is 0 Å². The van der Waals surface area contributed by atoms with E-state index in [1.54, 1.807) is 10.9 Å². The van der Waals surface area contributed by atoms with Gasteiger partial charge in [-0.3, -0.25) is 0 Å². The zero-order valence-electron chi connectivity index (χ0n) is 13.6. The molecule has 1 heterocycles. The molecule has 1 aromatic heterocycles. The van der Waals surface area contributed by atoms with Gasteiger partial charge in [0.15, 0.2) is 5.82 Å². The lowest BCUT2D eigenvalue weighted by molar-refractivity contribution is 0.870. The molecular weight excluding hydrogens is 316 g/mol. The van der Waals surface area contributed by atoms with Crippen LogP contribution in [0.3, 0.4) is 0 Å². The minimum atomic E-state index is 0.469. The number of benzene rings is 2. The highest BCUT2D eigenvalue weighted by Gasteiger charge is 2.09. The van der Waals surface area contributed by atoms with Crippen LogP contribution in [-0.2, 0) is 0 Å². The Hall–Kier alpha value is -2.79. The third-order valence-electron chi connectivity index (χ3n) is 3.61. The van der Waals surface area contributed by atoms with E-state index in [-0.39, 0.29) is 0 Å². The number of H-pyrrole nitrogens is 1. The van der Waals surface area contributed by atoms with Gasteiger partial charge in [-0.2, -0.15) is 14.9 Å². The molecule has 120 valence electrons. The summed E-state index contributed by atoms with van der Waals surface area (Å²) in [4.78, 5) is 0. The van der Waals surface area contributed by atoms with Crippen molar-refractivity contribution in [2.45, 2.75) is 13.8 Å². The number of hydrogen-bond acceptors (Lipinski definition) is 3. The molecule has 5 heteroatoms. The average Bonchev–Trinajstić information content (AvgIpc) is 2.95. The van der Waals surface area contributed by atoms with E-state index in [4.69, 9.17) is 12.2 Å². The topological polar surface area (TPSA) is 46.0 Å². The summed E-state index contributed by atoms with van der Waals surface area (Å²) in [5, 5.41) is 11.6. The van der Waals surface area contributed by atoms with Gasteiger partial charge in [0.25, 0.3) is 0 Å². The molecule has 4 nitrogen and oxygen atoms in total. The number of allylic oxidation sites excluding steroid dienone is 1. The lowest BCUT2D eigenvalue weighted by Gasteiger charge is -2.04. The van der Waals surface area contributed by atoms with Crippen LogP contribution in [0.4, 0.5) is 0 Å². The molecule has 0 bridgehead atoms. The van der Waals surface area contributed by atoms with Crippen molar-refractivity contribution in [2.24, 2.45) is 5.10 Å². The van der Waals surface area contributed by atoms with Crippen LogP contribution in [0.15, 0.2) is 65.3 Å². The van der Waals surface area contributed by atoms with Crippen molar-refractivity contribution in [2.75, 3.05) is 0 Å². The minimum absolute atomic E-state index is 0.469. The summed E-state index contributed by atoms with van der Waals surface area (Å²) in [5.41, 5.74) is 4.29. The van der Waals surface area contributed by atoms with E-state index in [0.717, 1.165) is 22.3 Å². The van der Waals surface area contributed by atoms with Gasteiger partial charge in [-0.05, 0) is 42.8 Å². The molecule has 24 heavy (non-hydrogen) atoms. The number of aromatic amines is 1. The fourth-order valence-corrected chi connectivity index (χ4v) is 2.57. The predicted octanol–water partition coefficient (Wildman–Crippen LogP) is 4.85. The van der Waals surface area contributed by atoms with Crippen molar-refractivity contribution < 1.29 is 0 Å². The quantitative estimate of drug-likeness (QED) is 0.547. The molecule has 0 amide bonds. The third-order valence-corrected chi connectivity index (χ3v) is 3.87. The number of nitrogens with one attached hydrogen (secondary N) is 1. The molecule has 0 fully saturated rings. The summed E-state index contributed by atoms with van der Waals surface area (Å²) in [6.07, 6.45) is 3.86. The summed E-state index contributed by atoms with van der Waals surface area (Å²) in [6.45, 7) is 4.05. The van der Waals surface area contributed by atoms with Crippen LogP contribution in [0.25, 0.3) is 17.5 Å². The Kier molecular flexibility index (Phi) is 4.82. The minimum Gasteiger partial charge on any atom is -0.250 e. The Morgan fingerprint density at radius 2 is 1.83 bits per heavy atom. The van der Waals surface area contributed by atoms with Crippen molar-refractivity contribution in [3.8, 4) is 11.4 Å². The first kappa shape index (κ1) is 16.1. The van der Waals surface area contributed by atoms with E-state index in [1.165, 1.54) is 0 Å². The second-order valence-electron chi connectivity index (χ2n) is 5.52. The van der Waals surface area contributed by atoms with E-state index in [0.29, 0.717) is 10.6 Å². The summed E-state index contributed by atoms with van der Waals surface area (Å²) >= 11 is 5.31. The second kappa shape index (κ2) is 7.19. The van der Waals surface area contributed by atoms with Gasteiger partial charge in [-0.1, -0.05) is 60.7 Å². The average molecular weight is 334 g/mol. The van der Waals surface area contributed by atoms with Gasteiger partial charge in [0.2, 0.25) is 4.77 Å². The Labute approximate surface area is 146 Å². The van der Waals surface area contributed by atoms with Crippen LogP contribution < -0.4 is 0 Å². The fraction of sp³-hybridized carbons (Fsp3) is 0.105. The standard InChI is InChI=1S/C19H18N4S/c1-14(12-16-9-4-3-5-10-16)13-20-23-18(21-22-19(23)24)17-11-7-6-8-15(17)2/h3-13H,1-2H3,(H,22,24)/b14-12+,20-13-. The lowest BCUT2D eigenvalue weighted by Crippen LogP contribution is -1.96. The maximum atomic E-state index is 5.31. The normalized spacial score (nSPS) is 12.0. The van der Waals surface area contributed by atoms with E-state index in [1.807, 2.05) is 56.3 Å². The zero-order valence-corrected chi connectivity index (χ0v) is 14.4. The first-order valence-corrected chi connectivity index (χ1v) is 8.07. The van der Waals surface area contributed by atoms with Crippen LogP contribution in [0.1, 0.15) is 18.1 Å². The summed E-state index contributed by atoms with van der Waals surface area (Å²) in [5.74, 6) is 0.710. The highest BCUT2D eigenvalue weighted by molar-refractivity contribution is 7.71. The molecule has 3 aromatic rings. The number of rotatable bonds is 4. The van der Waals surface area contributed by atoms with Gasteiger partial charge in [0.1, 0.15) is 0 Å². The first-order valence-electron chi connectivity index (χ1n) is 7.66. The SMILES string of the molecule is CC(/C=N\n1c(-c2ccccc2C)n[nH]c1=S)=C\c1ccccc1. The Morgan fingerprint density at radius 1 is 1.12 bits per heavy atom. The van der Waals surface area contributed by atoms with Gasteiger partial charge < -0.3 is 0 Å². The van der Waals surface area contributed by atoms with Crippen molar-refractivity contribution in [1.82, 2.24) is 14.9 Å². The van der Waals surface area contributed by atoms with E-state index >= 15 is 0 Å². The highest BCUT2D eigenvalue weighted by Crippen LogP contribution is 2.21. The van der Waals surface area contributed by atoms with Crippen molar-refractivity contribution in [1.29, 1.82) is 0 Å². The summed E-state index contributed by atoms with van der Waals surface area (Å²) in [6, 6.07) is 18.2. The van der Waals surface area contributed by atoms with Gasteiger partial charge in [0, 0.05) is 5.56 Å². The number of hydrogen-bond donors (Lipinski definition) is 1. The smallest absolute Gasteiger partial charge is 0.216 e. The maximum Gasteiger partial charge on any atom is 0.216 e. The highest BCUT2D eigenvalue weighted by atomic mass is 32.1. The molecule has 0 spiro atoms. The molecule has 0 aliphatic rings. The maximum absolute atomic E-state index is 5.31. The number of aromatic nitrogens is 3. The Bertz CT molecular complexity index is 949. The molecule has 1 N–H and O–H groups in total. The zero-order chi connectivity index (χ0) is 16.9. The largest absolute Gasteiger partial charge is 0.250 e. The molecule has 0 unspecified atom stereocenters. The fourth-order valence-electron chi connectivity index (χ4n) is 2.40. The van der Waals surface area contributed by atoms with Crippen molar-refractivity contribution in [3.63, 3.8) is 0 Å². The molecule has 2 aromatic carbocycles. The summed E-state index contributed by atoms with van der Waals surface area (Å²) < 4.78 is 2.12. The molecule has 0 radical (unpaired) electrons. The molecule has 0 aliphatic heterocycles. The van der Waals surface area contributed by atoms with Gasteiger partial charge in [0.05, 0.1) is 6.21 Å². The Morgan fingerprint density at radius 3 is 2.58 bits per heavy atom. The van der Waals surface area contributed by atoms with Crippen LogP contribution >= 0.6 is 12.2 Å². The molecule has 0 atom stereocenters.